The van der Waals surface area contributed by atoms with E-state index in [1.807, 2.05) is 6.92 Å². The molecule has 6 nitrogen and oxygen atoms in total. The zero-order valence-electron chi connectivity index (χ0n) is 12.3. The summed E-state index contributed by atoms with van der Waals surface area (Å²) < 4.78 is 41.7. The van der Waals surface area contributed by atoms with Crippen LogP contribution in [-0.4, -0.2) is 40.3 Å². The van der Waals surface area contributed by atoms with Gasteiger partial charge in [0.25, 0.3) is 0 Å². The average molecular weight is 307 g/mol. The number of hydrogen-bond acceptors (Lipinski definition) is 6. The Balaban J connectivity index is 2.75. The highest BCUT2D eigenvalue weighted by molar-refractivity contribution is 5.35. The summed E-state index contributed by atoms with van der Waals surface area (Å²) in [7, 11) is 0. The molecule has 1 aromatic rings. The summed E-state index contributed by atoms with van der Waals surface area (Å²) in [6.45, 7) is 5.93. The van der Waals surface area contributed by atoms with Crippen LogP contribution >= 0.6 is 0 Å². The van der Waals surface area contributed by atoms with Crippen LogP contribution in [0.3, 0.4) is 0 Å². The fourth-order valence-electron chi connectivity index (χ4n) is 1.33. The molecule has 0 unspecified atom stereocenters. The van der Waals surface area contributed by atoms with Gasteiger partial charge in [-0.25, -0.2) is 0 Å². The maximum Gasteiger partial charge on any atom is 0.390 e. The third-order valence-corrected chi connectivity index (χ3v) is 2.18. The highest BCUT2D eigenvalue weighted by Crippen LogP contribution is 2.19. The first-order chi connectivity index (χ1) is 9.80. The van der Waals surface area contributed by atoms with Crippen molar-refractivity contribution in [1.29, 1.82) is 0 Å². The van der Waals surface area contributed by atoms with Gasteiger partial charge in [-0.05, 0) is 20.3 Å². The van der Waals surface area contributed by atoms with Gasteiger partial charge in [0.15, 0.2) is 0 Å². The Morgan fingerprint density at radius 2 is 1.62 bits per heavy atom. The van der Waals surface area contributed by atoms with E-state index in [9.17, 15) is 13.2 Å². The largest absolute Gasteiger partial charge is 0.461 e. The number of halogens is 3. The van der Waals surface area contributed by atoms with Gasteiger partial charge in [-0.1, -0.05) is 6.92 Å². The smallest absolute Gasteiger partial charge is 0.390 e. The summed E-state index contributed by atoms with van der Waals surface area (Å²) >= 11 is 0. The molecule has 0 amide bonds. The fourth-order valence-corrected chi connectivity index (χ4v) is 1.33. The Labute approximate surface area is 121 Å². The summed E-state index contributed by atoms with van der Waals surface area (Å²) in [6.07, 6.45) is -4.46. The van der Waals surface area contributed by atoms with Crippen LogP contribution in [0.5, 0.6) is 6.01 Å². The van der Waals surface area contributed by atoms with Gasteiger partial charge < -0.3 is 15.4 Å². The number of anilines is 2. The van der Waals surface area contributed by atoms with E-state index in [1.165, 1.54) is 0 Å². The Bertz CT molecular complexity index is 439. The summed E-state index contributed by atoms with van der Waals surface area (Å²) in [6, 6.07) is 0.0770. The molecule has 0 aromatic carbocycles. The minimum absolute atomic E-state index is 0.0588. The van der Waals surface area contributed by atoms with Gasteiger partial charge in [-0.3, -0.25) is 0 Å². The second-order valence-electron chi connectivity index (χ2n) is 4.65. The Morgan fingerprint density at radius 1 is 1.05 bits per heavy atom. The summed E-state index contributed by atoms with van der Waals surface area (Å²) in [4.78, 5) is 12.0. The van der Waals surface area contributed by atoms with E-state index in [-0.39, 0.29) is 30.6 Å². The van der Waals surface area contributed by atoms with Crippen molar-refractivity contribution < 1.29 is 17.9 Å². The van der Waals surface area contributed by atoms with Crippen molar-refractivity contribution in [2.24, 2.45) is 0 Å². The number of hydrogen-bond donors (Lipinski definition) is 2. The highest BCUT2D eigenvalue weighted by Gasteiger charge is 2.26. The normalized spacial score (nSPS) is 11.6. The lowest BCUT2D eigenvalue weighted by atomic mass is 10.4. The molecule has 0 bridgehead atoms. The predicted molar refractivity (Wildman–Crippen MR) is 73.5 cm³/mol. The molecule has 120 valence electrons. The van der Waals surface area contributed by atoms with Crippen LogP contribution in [0.1, 0.15) is 33.6 Å². The van der Waals surface area contributed by atoms with Crippen LogP contribution in [-0.2, 0) is 0 Å². The molecular formula is C12H20F3N5O. The molecule has 1 heterocycles. The van der Waals surface area contributed by atoms with E-state index in [4.69, 9.17) is 4.74 Å². The van der Waals surface area contributed by atoms with Crippen molar-refractivity contribution >= 4 is 11.9 Å². The molecule has 0 radical (unpaired) electrons. The third kappa shape index (κ3) is 7.52. The van der Waals surface area contributed by atoms with Crippen molar-refractivity contribution in [2.45, 2.75) is 45.9 Å². The highest BCUT2D eigenvalue weighted by atomic mass is 19.4. The SMILES string of the molecule is CCCNc1nc(NCCC(F)(F)F)nc(OC(C)C)n1. The van der Waals surface area contributed by atoms with Gasteiger partial charge in [-0.15, -0.1) is 0 Å². The zero-order chi connectivity index (χ0) is 15.9. The van der Waals surface area contributed by atoms with Crippen LogP contribution in [0.15, 0.2) is 0 Å². The van der Waals surface area contributed by atoms with Crippen LogP contribution < -0.4 is 15.4 Å². The molecule has 0 aliphatic heterocycles. The van der Waals surface area contributed by atoms with E-state index >= 15 is 0 Å². The van der Waals surface area contributed by atoms with Gasteiger partial charge >= 0.3 is 12.2 Å². The average Bonchev–Trinajstić information content (AvgIpc) is 2.33. The van der Waals surface area contributed by atoms with Crippen LogP contribution in [0.2, 0.25) is 0 Å². The van der Waals surface area contributed by atoms with Crippen molar-refractivity contribution in [3.05, 3.63) is 0 Å². The maximum atomic E-state index is 12.1. The topological polar surface area (TPSA) is 72.0 Å². The van der Waals surface area contributed by atoms with Gasteiger partial charge in [0, 0.05) is 13.1 Å². The molecule has 0 atom stereocenters. The van der Waals surface area contributed by atoms with Gasteiger partial charge in [0.05, 0.1) is 12.5 Å². The van der Waals surface area contributed by atoms with E-state index in [1.54, 1.807) is 13.8 Å². The molecule has 2 N–H and O–H groups in total. The van der Waals surface area contributed by atoms with Gasteiger partial charge in [-0.2, -0.15) is 28.1 Å². The van der Waals surface area contributed by atoms with Crippen molar-refractivity contribution in [3.63, 3.8) is 0 Å². The van der Waals surface area contributed by atoms with E-state index in [0.29, 0.717) is 6.54 Å². The molecule has 0 aliphatic carbocycles. The minimum atomic E-state index is -4.22. The zero-order valence-corrected chi connectivity index (χ0v) is 12.3. The molecule has 1 rings (SSSR count). The first kappa shape index (κ1) is 17.3. The lowest BCUT2D eigenvalue weighted by molar-refractivity contribution is -0.131. The van der Waals surface area contributed by atoms with E-state index in [2.05, 4.69) is 25.6 Å². The summed E-state index contributed by atoms with van der Waals surface area (Å²) in [5, 5.41) is 5.48. The number of alkyl halides is 3. The second kappa shape index (κ2) is 7.84. The second-order valence-corrected chi connectivity index (χ2v) is 4.65. The lowest BCUT2D eigenvalue weighted by Crippen LogP contribution is -2.18. The Kier molecular flexibility index (Phi) is 6.44. The molecule has 21 heavy (non-hydrogen) atoms. The molecule has 9 heteroatoms. The molecule has 0 saturated carbocycles. The molecule has 0 aliphatic rings. The quantitative estimate of drug-likeness (QED) is 0.769. The number of nitrogens with one attached hydrogen (secondary N) is 2. The number of nitrogens with zero attached hydrogens (tertiary/aromatic N) is 3. The van der Waals surface area contributed by atoms with Crippen LogP contribution in [0.25, 0.3) is 0 Å². The summed E-state index contributed by atoms with van der Waals surface area (Å²) in [5.74, 6) is 0.334. The minimum Gasteiger partial charge on any atom is -0.461 e. The molecule has 0 fully saturated rings. The number of rotatable bonds is 8. The first-order valence-electron chi connectivity index (χ1n) is 6.77. The van der Waals surface area contributed by atoms with Crippen molar-refractivity contribution in [2.75, 3.05) is 23.7 Å². The molecule has 0 spiro atoms. The molecular weight excluding hydrogens is 287 g/mol. The van der Waals surface area contributed by atoms with Gasteiger partial charge in [0.2, 0.25) is 11.9 Å². The number of aromatic nitrogens is 3. The maximum absolute atomic E-state index is 12.1. The standard InChI is InChI=1S/C12H20F3N5O/c1-4-6-16-9-18-10(17-7-5-12(13,14)15)20-11(19-9)21-8(2)3/h8H,4-7H2,1-3H3,(H2,16,17,18,19,20). The van der Waals surface area contributed by atoms with Crippen LogP contribution in [0.4, 0.5) is 25.1 Å². The van der Waals surface area contributed by atoms with Crippen LogP contribution in [0, 0.1) is 0 Å². The molecule has 0 saturated heterocycles. The van der Waals surface area contributed by atoms with Crippen molar-refractivity contribution in [3.8, 4) is 6.01 Å². The monoisotopic (exact) mass is 307 g/mol. The summed E-state index contributed by atoms with van der Waals surface area (Å²) in [5.41, 5.74) is 0. The lowest BCUT2D eigenvalue weighted by Gasteiger charge is -2.12. The van der Waals surface area contributed by atoms with Crippen molar-refractivity contribution in [1.82, 2.24) is 15.0 Å². The third-order valence-electron chi connectivity index (χ3n) is 2.18. The van der Waals surface area contributed by atoms with Gasteiger partial charge in [0.1, 0.15) is 0 Å². The predicted octanol–water partition coefficient (Wildman–Crippen LogP) is 2.85. The Hall–Kier alpha value is -1.80. The Morgan fingerprint density at radius 3 is 2.10 bits per heavy atom. The molecule has 1 aromatic heterocycles. The fraction of sp³-hybridized carbons (Fsp3) is 0.750. The van der Waals surface area contributed by atoms with E-state index < -0.39 is 12.6 Å². The number of ether oxygens (including phenoxy) is 1. The van der Waals surface area contributed by atoms with E-state index in [0.717, 1.165) is 6.42 Å². The first-order valence-corrected chi connectivity index (χ1v) is 6.77.